The van der Waals surface area contributed by atoms with Crippen LogP contribution in [0.2, 0.25) is 0 Å². The summed E-state index contributed by atoms with van der Waals surface area (Å²) in [7, 11) is 0. The molecule has 5 heteroatoms. The summed E-state index contributed by atoms with van der Waals surface area (Å²) in [5.74, 6) is -3.88. The standard InChI is InChI=1S/C11H17F2NO2/c12-11(13)4-1-2-8-6-14(7-9(8)11)5-3-10(15)16/h8-9H,1-7H2,(H,15,16). The Bertz CT molecular complexity index is 283. The quantitative estimate of drug-likeness (QED) is 0.808. The Morgan fingerprint density at radius 1 is 1.44 bits per heavy atom. The highest BCUT2D eigenvalue weighted by Gasteiger charge is 2.50. The second-order valence-corrected chi connectivity index (χ2v) is 4.92. The highest BCUT2D eigenvalue weighted by atomic mass is 19.3. The molecule has 0 aromatic carbocycles. The van der Waals surface area contributed by atoms with Crippen molar-refractivity contribution in [1.29, 1.82) is 0 Å². The molecule has 0 amide bonds. The number of halogens is 2. The van der Waals surface area contributed by atoms with Crippen LogP contribution in [-0.2, 0) is 4.79 Å². The Balaban J connectivity index is 1.92. The maximum atomic E-state index is 13.6. The lowest BCUT2D eigenvalue weighted by molar-refractivity contribution is -0.137. The van der Waals surface area contributed by atoms with Crippen LogP contribution in [0.15, 0.2) is 0 Å². The van der Waals surface area contributed by atoms with Gasteiger partial charge in [0, 0.05) is 32.0 Å². The number of carbonyl (C=O) groups is 1. The molecule has 2 atom stereocenters. The van der Waals surface area contributed by atoms with Crippen LogP contribution < -0.4 is 0 Å². The Kier molecular flexibility index (Phi) is 3.15. The minimum atomic E-state index is -2.54. The van der Waals surface area contributed by atoms with Crippen molar-refractivity contribution < 1.29 is 18.7 Å². The number of alkyl halides is 2. The lowest BCUT2D eigenvalue weighted by atomic mass is 9.79. The van der Waals surface area contributed by atoms with Crippen molar-refractivity contribution in [3.05, 3.63) is 0 Å². The maximum absolute atomic E-state index is 13.6. The molecule has 0 radical (unpaired) electrons. The Hall–Kier alpha value is -0.710. The molecule has 0 aromatic rings. The van der Waals surface area contributed by atoms with Crippen LogP contribution in [0.1, 0.15) is 25.7 Å². The summed E-state index contributed by atoms with van der Waals surface area (Å²) in [6.07, 6.45) is 1.51. The van der Waals surface area contributed by atoms with E-state index in [-0.39, 0.29) is 18.8 Å². The molecule has 0 spiro atoms. The van der Waals surface area contributed by atoms with Crippen LogP contribution in [0, 0.1) is 11.8 Å². The van der Waals surface area contributed by atoms with Crippen LogP contribution in [-0.4, -0.2) is 41.5 Å². The van der Waals surface area contributed by atoms with E-state index in [1.54, 1.807) is 0 Å². The zero-order valence-corrected chi connectivity index (χ0v) is 9.16. The number of nitrogens with zero attached hydrogens (tertiary/aromatic N) is 1. The number of hydrogen-bond donors (Lipinski definition) is 1. The van der Waals surface area contributed by atoms with Gasteiger partial charge in [0.25, 0.3) is 5.92 Å². The highest BCUT2D eigenvalue weighted by Crippen LogP contribution is 2.45. The molecule has 16 heavy (non-hydrogen) atoms. The first-order valence-corrected chi connectivity index (χ1v) is 5.81. The number of carboxylic acid groups (broad SMARTS) is 1. The van der Waals surface area contributed by atoms with E-state index in [1.165, 1.54) is 0 Å². The number of aliphatic carboxylic acids is 1. The molecule has 1 aliphatic heterocycles. The van der Waals surface area contributed by atoms with Crippen molar-refractivity contribution in [2.24, 2.45) is 11.8 Å². The van der Waals surface area contributed by atoms with Gasteiger partial charge in [0.15, 0.2) is 0 Å². The molecule has 1 saturated heterocycles. The lowest BCUT2D eigenvalue weighted by Crippen LogP contribution is -2.37. The zero-order valence-electron chi connectivity index (χ0n) is 9.16. The van der Waals surface area contributed by atoms with Gasteiger partial charge in [-0.2, -0.15) is 0 Å². The van der Waals surface area contributed by atoms with Crippen molar-refractivity contribution in [2.75, 3.05) is 19.6 Å². The van der Waals surface area contributed by atoms with Gasteiger partial charge in [-0.25, -0.2) is 8.78 Å². The maximum Gasteiger partial charge on any atom is 0.304 e. The first-order chi connectivity index (χ1) is 7.49. The van der Waals surface area contributed by atoms with Gasteiger partial charge < -0.3 is 10.0 Å². The van der Waals surface area contributed by atoms with E-state index < -0.39 is 17.8 Å². The first-order valence-electron chi connectivity index (χ1n) is 5.81. The molecule has 2 fully saturated rings. The molecule has 3 nitrogen and oxygen atoms in total. The fourth-order valence-corrected chi connectivity index (χ4v) is 2.95. The fourth-order valence-electron chi connectivity index (χ4n) is 2.95. The van der Waals surface area contributed by atoms with Crippen LogP contribution in [0.3, 0.4) is 0 Å². The van der Waals surface area contributed by atoms with Crippen LogP contribution in [0.25, 0.3) is 0 Å². The summed E-state index contributed by atoms with van der Waals surface area (Å²) < 4.78 is 27.2. The van der Waals surface area contributed by atoms with Crippen molar-refractivity contribution >= 4 is 5.97 Å². The predicted molar refractivity (Wildman–Crippen MR) is 54.5 cm³/mol. The van der Waals surface area contributed by atoms with Crippen LogP contribution >= 0.6 is 0 Å². The molecule has 2 aliphatic rings. The molecular weight excluding hydrogens is 216 g/mol. The smallest absolute Gasteiger partial charge is 0.304 e. The second kappa shape index (κ2) is 4.28. The van der Waals surface area contributed by atoms with Gasteiger partial charge in [-0.05, 0) is 18.8 Å². The average Bonchev–Trinajstić information content (AvgIpc) is 2.59. The largest absolute Gasteiger partial charge is 0.481 e. The topological polar surface area (TPSA) is 40.5 Å². The van der Waals surface area contributed by atoms with Gasteiger partial charge in [-0.15, -0.1) is 0 Å². The van der Waals surface area contributed by atoms with Gasteiger partial charge in [-0.1, -0.05) is 0 Å². The number of likely N-dealkylation sites (tertiary alicyclic amines) is 1. The number of carboxylic acids is 1. The van der Waals surface area contributed by atoms with E-state index in [2.05, 4.69) is 0 Å². The summed E-state index contributed by atoms with van der Waals surface area (Å²) in [4.78, 5) is 12.3. The Morgan fingerprint density at radius 3 is 2.81 bits per heavy atom. The monoisotopic (exact) mass is 233 g/mol. The molecule has 2 rings (SSSR count). The number of hydrogen-bond acceptors (Lipinski definition) is 2. The third-order valence-electron chi connectivity index (χ3n) is 3.79. The molecule has 0 aromatic heterocycles. The minimum absolute atomic E-state index is 0.000930. The van der Waals surface area contributed by atoms with Gasteiger partial charge in [0.1, 0.15) is 0 Å². The molecule has 92 valence electrons. The van der Waals surface area contributed by atoms with Crippen molar-refractivity contribution in [2.45, 2.75) is 31.6 Å². The van der Waals surface area contributed by atoms with Gasteiger partial charge >= 0.3 is 5.97 Å². The molecule has 2 unspecified atom stereocenters. The van der Waals surface area contributed by atoms with Crippen LogP contribution in [0.5, 0.6) is 0 Å². The lowest BCUT2D eigenvalue weighted by Gasteiger charge is -2.32. The van der Waals surface area contributed by atoms with E-state index in [0.29, 0.717) is 26.1 Å². The molecular formula is C11H17F2NO2. The van der Waals surface area contributed by atoms with Gasteiger partial charge in [0.2, 0.25) is 0 Å². The minimum Gasteiger partial charge on any atom is -0.481 e. The first kappa shape index (κ1) is 11.8. The Morgan fingerprint density at radius 2 is 2.19 bits per heavy atom. The van der Waals surface area contributed by atoms with Crippen molar-refractivity contribution in [3.8, 4) is 0 Å². The van der Waals surface area contributed by atoms with Crippen molar-refractivity contribution in [1.82, 2.24) is 4.90 Å². The number of fused-ring (bicyclic) bond motifs is 1. The SMILES string of the molecule is O=C(O)CCN1CC2CCCC(F)(F)C2C1. The highest BCUT2D eigenvalue weighted by molar-refractivity contribution is 5.66. The zero-order chi connectivity index (χ0) is 11.8. The second-order valence-electron chi connectivity index (χ2n) is 4.92. The Labute approximate surface area is 93.4 Å². The third kappa shape index (κ3) is 2.34. The summed E-state index contributed by atoms with van der Waals surface area (Å²) in [6, 6.07) is 0. The summed E-state index contributed by atoms with van der Waals surface area (Å²) >= 11 is 0. The number of rotatable bonds is 3. The molecule has 1 aliphatic carbocycles. The van der Waals surface area contributed by atoms with Gasteiger partial charge in [0.05, 0.1) is 6.42 Å². The van der Waals surface area contributed by atoms with E-state index in [1.807, 2.05) is 4.90 Å². The summed E-state index contributed by atoms with van der Waals surface area (Å²) in [6.45, 7) is 1.41. The van der Waals surface area contributed by atoms with Crippen molar-refractivity contribution in [3.63, 3.8) is 0 Å². The summed E-state index contributed by atoms with van der Waals surface area (Å²) in [5, 5.41) is 8.56. The third-order valence-corrected chi connectivity index (χ3v) is 3.79. The fraction of sp³-hybridized carbons (Fsp3) is 0.909. The normalized spacial score (nSPS) is 33.6. The predicted octanol–water partition coefficient (Wildman–Crippen LogP) is 1.83. The van der Waals surface area contributed by atoms with Gasteiger partial charge in [-0.3, -0.25) is 4.79 Å². The van der Waals surface area contributed by atoms with Crippen LogP contribution in [0.4, 0.5) is 8.78 Å². The molecule has 1 saturated carbocycles. The van der Waals surface area contributed by atoms with E-state index in [0.717, 1.165) is 6.42 Å². The molecule has 0 bridgehead atoms. The molecule has 1 N–H and O–H groups in total. The summed E-state index contributed by atoms with van der Waals surface area (Å²) in [5.41, 5.74) is 0. The average molecular weight is 233 g/mol. The van der Waals surface area contributed by atoms with E-state index >= 15 is 0 Å². The van der Waals surface area contributed by atoms with E-state index in [9.17, 15) is 13.6 Å². The van der Waals surface area contributed by atoms with E-state index in [4.69, 9.17) is 5.11 Å². The molecule has 1 heterocycles.